The molecule has 2 aromatic rings. The summed E-state index contributed by atoms with van der Waals surface area (Å²) in [5, 5.41) is 18.0. The SMILES string of the molecule is O=c1[nH]cnc2c1ncn2C(CO)CO. The van der Waals surface area contributed by atoms with Crippen molar-refractivity contribution in [3.63, 3.8) is 0 Å². The Labute approximate surface area is 84.0 Å². The Morgan fingerprint density at radius 1 is 1.40 bits per heavy atom. The topological polar surface area (TPSA) is 104 Å². The van der Waals surface area contributed by atoms with Gasteiger partial charge in [-0.05, 0) is 0 Å². The molecular weight excluding hydrogens is 200 g/mol. The first kappa shape index (κ1) is 9.81. The summed E-state index contributed by atoms with van der Waals surface area (Å²) in [6.07, 6.45) is 2.64. The van der Waals surface area contributed by atoms with Crippen molar-refractivity contribution in [2.75, 3.05) is 13.2 Å². The van der Waals surface area contributed by atoms with Crippen LogP contribution in [0.3, 0.4) is 0 Å². The number of rotatable bonds is 3. The van der Waals surface area contributed by atoms with Gasteiger partial charge in [-0.2, -0.15) is 0 Å². The summed E-state index contributed by atoms with van der Waals surface area (Å²) in [7, 11) is 0. The van der Waals surface area contributed by atoms with E-state index in [-0.39, 0.29) is 24.3 Å². The van der Waals surface area contributed by atoms with Crippen LogP contribution in [-0.4, -0.2) is 42.9 Å². The number of aromatic amines is 1. The Bertz CT molecular complexity index is 514. The van der Waals surface area contributed by atoms with Crippen molar-refractivity contribution < 1.29 is 10.2 Å². The van der Waals surface area contributed by atoms with Crippen LogP contribution < -0.4 is 5.56 Å². The Balaban J connectivity index is 2.63. The highest BCUT2D eigenvalue weighted by Crippen LogP contribution is 2.11. The van der Waals surface area contributed by atoms with Crippen LogP contribution in [0.1, 0.15) is 6.04 Å². The highest BCUT2D eigenvalue weighted by atomic mass is 16.3. The van der Waals surface area contributed by atoms with Gasteiger partial charge in [-0.15, -0.1) is 0 Å². The number of nitrogens with zero attached hydrogens (tertiary/aromatic N) is 3. The predicted molar refractivity (Wildman–Crippen MR) is 51.4 cm³/mol. The van der Waals surface area contributed by atoms with Crippen LogP contribution in [0.25, 0.3) is 11.2 Å². The fraction of sp³-hybridized carbons (Fsp3) is 0.375. The summed E-state index contributed by atoms with van der Waals surface area (Å²) in [5.41, 5.74) is 0.213. The first-order chi connectivity index (χ1) is 7.27. The molecule has 2 aromatic heterocycles. The fourth-order valence-corrected chi connectivity index (χ4v) is 1.36. The van der Waals surface area contributed by atoms with E-state index >= 15 is 0 Å². The highest BCUT2D eigenvalue weighted by molar-refractivity contribution is 5.68. The molecule has 0 radical (unpaired) electrons. The van der Waals surface area contributed by atoms with Crippen molar-refractivity contribution in [2.45, 2.75) is 6.04 Å². The van der Waals surface area contributed by atoms with Crippen molar-refractivity contribution in [3.05, 3.63) is 23.0 Å². The maximum Gasteiger partial charge on any atom is 0.278 e. The van der Waals surface area contributed by atoms with Gasteiger partial charge < -0.3 is 19.8 Å². The second-order valence-electron chi connectivity index (χ2n) is 3.07. The van der Waals surface area contributed by atoms with Gasteiger partial charge in [0.1, 0.15) is 0 Å². The molecule has 0 aliphatic heterocycles. The van der Waals surface area contributed by atoms with Crippen LogP contribution in [0.2, 0.25) is 0 Å². The molecule has 0 bridgehead atoms. The lowest BCUT2D eigenvalue weighted by molar-refractivity contribution is 0.156. The third kappa shape index (κ3) is 1.51. The van der Waals surface area contributed by atoms with E-state index in [4.69, 9.17) is 10.2 Å². The number of aliphatic hydroxyl groups excluding tert-OH is 2. The lowest BCUT2D eigenvalue weighted by atomic mass is 10.3. The average molecular weight is 210 g/mol. The second-order valence-corrected chi connectivity index (χ2v) is 3.07. The fourth-order valence-electron chi connectivity index (χ4n) is 1.36. The van der Waals surface area contributed by atoms with Gasteiger partial charge in [0.25, 0.3) is 5.56 Å². The first-order valence-corrected chi connectivity index (χ1v) is 4.40. The molecule has 0 aromatic carbocycles. The van der Waals surface area contributed by atoms with Gasteiger partial charge >= 0.3 is 0 Å². The van der Waals surface area contributed by atoms with Gasteiger partial charge in [0.2, 0.25) is 0 Å². The van der Waals surface area contributed by atoms with Crippen LogP contribution >= 0.6 is 0 Å². The smallest absolute Gasteiger partial charge is 0.278 e. The lowest BCUT2D eigenvalue weighted by Crippen LogP contribution is -2.17. The van der Waals surface area contributed by atoms with Gasteiger partial charge in [0, 0.05) is 0 Å². The van der Waals surface area contributed by atoms with Crippen LogP contribution in [0.5, 0.6) is 0 Å². The molecule has 0 fully saturated rings. The lowest BCUT2D eigenvalue weighted by Gasteiger charge is -2.12. The Morgan fingerprint density at radius 3 is 2.80 bits per heavy atom. The van der Waals surface area contributed by atoms with Gasteiger partial charge in [-0.25, -0.2) is 9.97 Å². The summed E-state index contributed by atoms with van der Waals surface area (Å²) in [6.45, 7) is -0.479. The number of hydrogen-bond acceptors (Lipinski definition) is 5. The van der Waals surface area contributed by atoms with E-state index in [9.17, 15) is 4.79 Å². The van der Waals surface area contributed by atoms with Crippen molar-refractivity contribution in [1.29, 1.82) is 0 Å². The number of aliphatic hydroxyl groups is 2. The molecule has 15 heavy (non-hydrogen) atoms. The first-order valence-electron chi connectivity index (χ1n) is 4.40. The summed E-state index contributed by atoms with van der Waals surface area (Å²) in [5.74, 6) is 0. The molecule has 80 valence electrons. The van der Waals surface area contributed by atoms with E-state index in [1.165, 1.54) is 17.2 Å². The summed E-state index contributed by atoms with van der Waals surface area (Å²) in [6, 6.07) is -0.524. The van der Waals surface area contributed by atoms with E-state index < -0.39 is 6.04 Å². The van der Waals surface area contributed by atoms with E-state index in [2.05, 4.69) is 15.0 Å². The molecule has 2 heterocycles. The molecule has 2 rings (SSSR count). The zero-order valence-corrected chi connectivity index (χ0v) is 7.79. The quantitative estimate of drug-likeness (QED) is 0.580. The molecule has 0 unspecified atom stereocenters. The maximum atomic E-state index is 11.3. The van der Waals surface area contributed by atoms with Gasteiger partial charge in [-0.3, -0.25) is 4.79 Å². The largest absolute Gasteiger partial charge is 0.394 e. The number of nitrogens with one attached hydrogen (secondary N) is 1. The average Bonchev–Trinajstić information content (AvgIpc) is 2.66. The van der Waals surface area contributed by atoms with E-state index in [0.717, 1.165) is 0 Å². The van der Waals surface area contributed by atoms with E-state index in [1.807, 2.05) is 0 Å². The highest BCUT2D eigenvalue weighted by Gasteiger charge is 2.14. The molecule has 7 nitrogen and oxygen atoms in total. The molecule has 0 aliphatic rings. The van der Waals surface area contributed by atoms with Crippen molar-refractivity contribution in [3.8, 4) is 0 Å². The zero-order chi connectivity index (χ0) is 10.8. The standard InChI is InChI=1S/C8H10N4O3/c13-1-5(2-14)12-4-11-6-7(12)9-3-10-8(6)15/h3-5,13-14H,1-2H2,(H,9,10,15). The number of imidazole rings is 1. The van der Waals surface area contributed by atoms with Crippen LogP contribution in [-0.2, 0) is 0 Å². The molecule has 0 saturated heterocycles. The summed E-state index contributed by atoms with van der Waals surface area (Å²) in [4.78, 5) is 21.5. The van der Waals surface area contributed by atoms with Gasteiger partial charge in [0.05, 0.1) is 31.9 Å². The Hall–Kier alpha value is -1.73. The van der Waals surface area contributed by atoms with Crippen molar-refractivity contribution in [1.82, 2.24) is 19.5 Å². The number of hydrogen-bond donors (Lipinski definition) is 3. The van der Waals surface area contributed by atoms with Gasteiger partial charge in [-0.1, -0.05) is 0 Å². The molecule has 0 amide bonds. The molecular formula is C8H10N4O3. The van der Waals surface area contributed by atoms with Crippen LogP contribution in [0, 0.1) is 0 Å². The summed E-state index contributed by atoms with van der Waals surface area (Å²) < 4.78 is 1.48. The van der Waals surface area contributed by atoms with Crippen molar-refractivity contribution in [2.24, 2.45) is 0 Å². The zero-order valence-electron chi connectivity index (χ0n) is 7.79. The van der Waals surface area contributed by atoms with Gasteiger partial charge in [0.15, 0.2) is 11.2 Å². The summed E-state index contributed by atoms with van der Waals surface area (Å²) >= 11 is 0. The Kier molecular flexibility index (Phi) is 2.48. The normalized spacial score (nSPS) is 11.4. The number of fused-ring (bicyclic) bond motifs is 1. The maximum absolute atomic E-state index is 11.3. The molecule has 0 atom stereocenters. The molecule has 3 N–H and O–H groups in total. The number of aromatic nitrogens is 4. The Morgan fingerprint density at radius 2 is 2.13 bits per heavy atom. The monoisotopic (exact) mass is 210 g/mol. The predicted octanol–water partition coefficient (Wildman–Crippen LogP) is -1.35. The minimum Gasteiger partial charge on any atom is -0.394 e. The molecule has 0 spiro atoms. The molecule has 0 saturated carbocycles. The molecule has 7 heteroatoms. The minimum absolute atomic E-state index is 0.199. The second kappa shape index (κ2) is 3.79. The van der Waals surface area contributed by atoms with Crippen molar-refractivity contribution >= 4 is 11.2 Å². The number of H-pyrrole nitrogens is 1. The van der Waals surface area contributed by atoms with E-state index in [1.54, 1.807) is 0 Å². The van der Waals surface area contributed by atoms with E-state index in [0.29, 0.717) is 5.65 Å². The molecule has 0 aliphatic carbocycles. The van der Waals surface area contributed by atoms with Crippen LogP contribution in [0.15, 0.2) is 17.4 Å². The minimum atomic E-state index is -0.524. The third-order valence-corrected chi connectivity index (χ3v) is 2.18. The van der Waals surface area contributed by atoms with Crippen LogP contribution in [0.4, 0.5) is 0 Å². The third-order valence-electron chi connectivity index (χ3n) is 2.18.